The van der Waals surface area contributed by atoms with Crippen LogP contribution in [-0.4, -0.2) is 24.7 Å². The number of hydrogen-bond donors (Lipinski definition) is 1. The summed E-state index contributed by atoms with van der Waals surface area (Å²) in [5.74, 6) is 1.61. The van der Waals surface area contributed by atoms with E-state index in [1.54, 1.807) is 0 Å². The minimum Gasteiger partial charge on any atom is -0.308 e. The molecule has 0 unspecified atom stereocenters. The molecule has 1 saturated carbocycles. The van der Waals surface area contributed by atoms with E-state index in [0.717, 1.165) is 53.2 Å². The molecule has 2 aromatic carbocycles. The number of nitrogens with zero attached hydrogens (tertiary/aromatic N) is 4. The van der Waals surface area contributed by atoms with Crippen LogP contribution in [0.5, 0.6) is 0 Å². The van der Waals surface area contributed by atoms with E-state index in [-0.39, 0.29) is 0 Å². The number of rotatable bonds is 4. The standard InChI is InChI=1S/C31H29N5O2/c1-17-14-18(2)32-30-27(17)33-29(22-10-11-22)36(30)16-20-8-13-25-23(15-20)12-9-21-6-4-5-7-24(21)26(25)19(3)28-34-31(37)38-35-28/h4-8,13-15,22H,9-12,16H2,1-3H3,(H,34,35,37). The monoisotopic (exact) mass is 503 g/mol. The van der Waals surface area contributed by atoms with Crippen LogP contribution in [0.4, 0.5) is 0 Å². The summed E-state index contributed by atoms with van der Waals surface area (Å²) in [6.07, 6.45) is 4.27. The average Bonchev–Trinajstić information content (AvgIpc) is 3.59. The fourth-order valence-corrected chi connectivity index (χ4v) is 5.92. The lowest BCUT2D eigenvalue weighted by molar-refractivity contribution is 0.385. The average molecular weight is 504 g/mol. The Balaban J connectivity index is 1.36. The Bertz CT molecular complexity index is 1820. The quantitative estimate of drug-likeness (QED) is 0.338. The first-order valence-corrected chi connectivity index (χ1v) is 13.3. The number of imidazole rings is 1. The normalized spacial score (nSPS) is 16.3. The zero-order chi connectivity index (χ0) is 26.0. The maximum absolute atomic E-state index is 11.7. The molecule has 7 nitrogen and oxygen atoms in total. The molecular weight excluding hydrogens is 474 g/mol. The van der Waals surface area contributed by atoms with Gasteiger partial charge in [-0.3, -0.25) is 9.51 Å². The van der Waals surface area contributed by atoms with E-state index in [4.69, 9.17) is 14.5 Å². The molecule has 1 fully saturated rings. The van der Waals surface area contributed by atoms with E-state index in [1.807, 2.05) is 6.92 Å². The van der Waals surface area contributed by atoms with Gasteiger partial charge in [-0.2, -0.15) is 0 Å². The molecule has 5 aromatic rings. The van der Waals surface area contributed by atoms with Crippen LogP contribution >= 0.6 is 0 Å². The fraction of sp³-hybridized carbons (Fsp3) is 0.290. The number of aromatic nitrogens is 5. The summed E-state index contributed by atoms with van der Waals surface area (Å²) < 4.78 is 7.17. The van der Waals surface area contributed by atoms with Crippen molar-refractivity contribution in [3.8, 4) is 0 Å². The summed E-state index contributed by atoms with van der Waals surface area (Å²) >= 11 is 0. The molecule has 3 heterocycles. The van der Waals surface area contributed by atoms with Crippen LogP contribution in [0.2, 0.25) is 0 Å². The van der Waals surface area contributed by atoms with Gasteiger partial charge >= 0.3 is 5.76 Å². The summed E-state index contributed by atoms with van der Waals surface area (Å²) in [5.41, 5.74) is 12.4. The maximum Gasteiger partial charge on any atom is 0.439 e. The van der Waals surface area contributed by atoms with Crippen LogP contribution in [0.1, 0.15) is 76.4 Å². The van der Waals surface area contributed by atoms with Crippen molar-refractivity contribution in [3.05, 3.63) is 110 Å². The van der Waals surface area contributed by atoms with E-state index < -0.39 is 5.76 Å². The molecule has 0 amide bonds. The number of nitrogens with one attached hydrogen (secondary N) is 1. The molecule has 0 spiro atoms. The summed E-state index contributed by atoms with van der Waals surface area (Å²) in [7, 11) is 0. The van der Waals surface area contributed by atoms with Gasteiger partial charge < -0.3 is 4.57 Å². The van der Waals surface area contributed by atoms with Gasteiger partial charge in [-0.05, 0) is 91.5 Å². The second kappa shape index (κ2) is 8.65. The smallest absolute Gasteiger partial charge is 0.308 e. The van der Waals surface area contributed by atoms with Gasteiger partial charge in [0.2, 0.25) is 0 Å². The largest absolute Gasteiger partial charge is 0.439 e. The van der Waals surface area contributed by atoms with Gasteiger partial charge in [0.1, 0.15) is 11.3 Å². The topological polar surface area (TPSA) is 89.6 Å². The number of fused-ring (bicyclic) bond motifs is 3. The van der Waals surface area contributed by atoms with E-state index in [2.05, 4.69) is 77.1 Å². The molecule has 0 aliphatic heterocycles. The molecule has 7 rings (SSSR count). The number of allylic oxidation sites excluding steroid dienone is 1. The van der Waals surface area contributed by atoms with Crippen molar-refractivity contribution in [2.45, 2.75) is 58.9 Å². The zero-order valence-corrected chi connectivity index (χ0v) is 21.8. The van der Waals surface area contributed by atoms with Gasteiger partial charge in [-0.15, -0.1) is 0 Å². The Morgan fingerprint density at radius 2 is 1.82 bits per heavy atom. The van der Waals surface area contributed by atoms with Crippen LogP contribution < -0.4 is 5.76 Å². The van der Waals surface area contributed by atoms with Crippen LogP contribution in [0, 0.1) is 13.8 Å². The van der Waals surface area contributed by atoms with Gasteiger partial charge in [0.15, 0.2) is 11.5 Å². The van der Waals surface area contributed by atoms with Gasteiger partial charge in [0.25, 0.3) is 0 Å². The third kappa shape index (κ3) is 3.81. The molecule has 190 valence electrons. The molecule has 2 aliphatic rings. The lowest BCUT2D eigenvalue weighted by Gasteiger charge is -2.16. The Morgan fingerprint density at radius 3 is 2.61 bits per heavy atom. The highest BCUT2D eigenvalue weighted by atomic mass is 16.5. The molecule has 38 heavy (non-hydrogen) atoms. The predicted octanol–water partition coefficient (Wildman–Crippen LogP) is 5.73. The van der Waals surface area contributed by atoms with E-state index in [1.165, 1.54) is 46.2 Å². The third-order valence-electron chi connectivity index (χ3n) is 7.89. The number of benzene rings is 2. The van der Waals surface area contributed by atoms with Crippen molar-refractivity contribution in [3.63, 3.8) is 0 Å². The second-order valence-electron chi connectivity index (χ2n) is 10.7. The van der Waals surface area contributed by atoms with Gasteiger partial charge in [-0.1, -0.05) is 47.6 Å². The SMILES string of the molecule is CC(=C1c2ccccc2CCc2cc(Cn3c(C4CC4)nc4c(C)cc(C)nc43)ccc21)c1noc(=O)[nH]1. The minimum atomic E-state index is -0.546. The molecule has 3 aromatic heterocycles. The summed E-state index contributed by atoms with van der Waals surface area (Å²) in [5, 5.41) is 3.99. The summed E-state index contributed by atoms with van der Waals surface area (Å²) in [4.78, 5) is 24.4. The number of aromatic amines is 1. The molecule has 0 saturated heterocycles. The Morgan fingerprint density at radius 1 is 1.03 bits per heavy atom. The van der Waals surface area contributed by atoms with E-state index >= 15 is 0 Å². The molecule has 2 aliphatic carbocycles. The molecule has 0 bridgehead atoms. The van der Waals surface area contributed by atoms with Crippen LogP contribution in [0.3, 0.4) is 0 Å². The Labute approximate surface area is 220 Å². The van der Waals surface area contributed by atoms with E-state index in [0.29, 0.717) is 11.7 Å². The van der Waals surface area contributed by atoms with Crippen LogP contribution in [-0.2, 0) is 19.4 Å². The molecule has 0 atom stereocenters. The Kier molecular flexibility index (Phi) is 5.21. The van der Waals surface area contributed by atoms with Crippen molar-refractivity contribution < 1.29 is 4.52 Å². The minimum absolute atomic E-state index is 0.465. The van der Waals surface area contributed by atoms with Crippen molar-refractivity contribution in [2.24, 2.45) is 0 Å². The third-order valence-corrected chi connectivity index (χ3v) is 7.89. The van der Waals surface area contributed by atoms with Crippen LogP contribution in [0.25, 0.3) is 22.3 Å². The lowest BCUT2D eigenvalue weighted by atomic mass is 9.89. The predicted molar refractivity (Wildman–Crippen MR) is 147 cm³/mol. The van der Waals surface area contributed by atoms with Crippen molar-refractivity contribution >= 4 is 22.3 Å². The van der Waals surface area contributed by atoms with Crippen molar-refractivity contribution in [1.82, 2.24) is 24.7 Å². The fourth-order valence-electron chi connectivity index (χ4n) is 5.92. The number of H-pyrrole nitrogens is 1. The Hall–Kier alpha value is -4.26. The van der Waals surface area contributed by atoms with Crippen molar-refractivity contribution in [2.75, 3.05) is 0 Å². The first kappa shape index (κ1) is 22.9. The van der Waals surface area contributed by atoms with E-state index in [9.17, 15) is 4.79 Å². The molecular formula is C31H29N5O2. The number of hydrogen-bond acceptors (Lipinski definition) is 5. The molecule has 7 heteroatoms. The van der Waals surface area contributed by atoms with Gasteiger partial charge in [-0.25, -0.2) is 14.8 Å². The zero-order valence-electron chi connectivity index (χ0n) is 21.8. The first-order valence-electron chi connectivity index (χ1n) is 13.3. The van der Waals surface area contributed by atoms with Gasteiger partial charge in [0.05, 0.1) is 6.54 Å². The highest BCUT2D eigenvalue weighted by Gasteiger charge is 2.31. The highest BCUT2D eigenvalue weighted by Crippen LogP contribution is 2.42. The first-order chi connectivity index (χ1) is 18.5. The number of pyridine rings is 1. The summed E-state index contributed by atoms with van der Waals surface area (Å²) in [6.45, 7) is 6.92. The molecule has 1 N–H and O–H groups in total. The maximum atomic E-state index is 11.7. The van der Waals surface area contributed by atoms with Gasteiger partial charge in [0, 0.05) is 17.2 Å². The second-order valence-corrected chi connectivity index (χ2v) is 10.7. The number of aryl methyl sites for hydroxylation is 4. The van der Waals surface area contributed by atoms with Crippen molar-refractivity contribution in [1.29, 1.82) is 0 Å². The summed E-state index contributed by atoms with van der Waals surface area (Å²) in [6, 6.07) is 17.4. The van der Waals surface area contributed by atoms with Crippen LogP contribution in [0.15, 0.2) is 57.8 Å². The highest BCUT2D eigenvalue weighted by molar-refractivity contribution is 5.98. The molecule has 0 radical (unpaired) electrons. The lowest BCUT2D eigenvalue weighted by Crippen LogP contribution is -2.07.